The molecule has 5 rings (SSSR count). The molecule has 192 valence electrons. The van der Waals surface area contributed by atoms with E-state index in [1.165, 1.54) is 7.11 Å². The second kappa shape index (κ2) is 10.0. The molecule has 2 aliphatic rings. The Labute approximate surface area is 216 Å². The van der Waals surface area contributed by atoms with Gasteiger partial charge in [-0.15, -0.1) is 0 Å². The number of nitrogens with zero attached hydrogens (tertiary/aromatic N) is 1. The fourth-order valence-corrected chi connectivity index (χ4v) is 5.44. The summed E-state index contributed by atoms with van der Waals surface area (Å²) in [4.78, 5) is 29.5. The minimum absolute atomic E-state index is 0.117. The molecule has 0 unspecified atom stereocenters. The number of fused-ring (bicyclic) bond motifs is 4. The van der Waals surface area contributed by atoms with Crippen LogP contribution in [0.3, 0.4) is 0 Å². The Morgan fingerprint density at radius 3 is 2.35 bits per heavy atom. The van der Waals surface area contributed by atoms with Gasteiger partial charge >= 0.3 is 0 Å². The lowest BCUT2D eigenvalue weighted by atomic mass is 9.75. The van der Waals surface area contributed by atoms with Gasteiger partial charge < -0.3 is 29.2 Å². The van der Waals surface area contributed by atoms with Gasteiger partial charge in [0, 0.05) is 24.2 Å². The van der Waals surface area contributed by atoms with Crippen LogP contribution in [0.4, 0.5) is 0 Å². The molecule has 1 N–H and O–H groups in total. The average molecular weight is 503 g/mol. The number of ether oxygens (including phenoxy) is 4. The van der Waals surface area contributed by atoms with E-state index in [1.807, 2.05) is 41.3 Å². The van der Waals surface area contributed by atoms with Crippen molar-refractivity contribution in [2.24, 2.45) is 0 Å². The molecular weight excluding hydrogens is 472 g/mol. The first-order chi connectivity index (χ1) is 18.0. The Bertz CT molecular complexity index is 1350. The van der Waals surface area contributed by atoms with Crippen LogP contribution in [-0.4, -0.2) is 51.7 Å². The Morgan fingerprint density at radius 2 is 1.62 bits per heavy atom. The maximum atomic E-state index is 14.0. The predicted octanol–water partition coefficient (Wildman–Crippen LogP) is 3.87. The van der Waals surface area contributed by atoms with Crippen molar-refractivity contribution in [3.05, 3.63) is 82.4 Å². The summed E-state index contributed by atoms with van der Waals surface area (Å²) >= 11 is 0. The highest BCUT2D eigenvalue weighted by Gasteiger charge is 2.46. The predicted molar refractivity (Wildman–Crippen MR) is 138 cm³/mol. The summed E-state index contributed by atoms with van der Waals surface area (Å²) in [6.45, 7) is 0.766. The summed E-state index contributed by atoms with van der Waals surface area (Å²) in [5.74, 6) is 1.28. The van der Waals surface area contributed by atoms with Crippen LogP contribution in [0.15, 0.2) is 54.6 Å². The van der Waals surface area contributed by atoms with Crippen molar-refractivity contribution in [1.29, 1.82) is 0 Å². The highest BCUT2D eigenvalue weighted by molar-refractivity contribution is 6.02. The van der Waals surface area contributed by atoms with E-state index < -0.39 is 12.0 Å². The molecule has 0 radical (unpaired) electrons. The molecule has 0 aliphatic carbocycles. The molecule has 0 aromatic heterocycles. The van der Waals surface area contributed by atoms with Crippen molar-refractivity contribution < 1.29 is 28.5 Å². The lowest BCUT2D eigenvalue weighted by molar-refractivity contribution is -0.124. The van der Waals surface area contributed by atoms with Gasteiger partial charge in [0.15, 0.2) is 11.5 Å². The van der Waals surface area contributed by atoms with Crippen LogP contribution in [0.5, 0.6) is 23.0 Å². The van der Waals surface area contributed by atoms with E-state index in [4.69, 9.17) is 18.9 Å². The molecule has 8 heteroatoms. The van der Waals surface area contributed by atoms with Crippen molar-refractivity contribution in [2.75, 3.05) is 35.0 Å². The van der Waals surface area contributed by atoms with Crippen LogP contribution in [0, 0.1) is 0 Å². The van der Waals surface area contributed by atoms with Crippen molar-refractivity contribution in [3.63, 3.8) is 0 Å². The van der Waals surface area contributed by atoms with Crippen LogP contribution in [0.25, 0.3) is 0 Å². The lowest BCUT2D eigenvalue weighted by Crippen LogP contribution is -2.50. The summed E-state index contributed by atoms with van der Waals surface area (Å²) in [7, 11) is 6.26. The molecule has 0 saturated carbocycles. The molecule has 37 heavy (non-hydrogen) atoms. The van der Waals surface area contributed by atoms with Crippen molar-refractivity contribution in [2.45, 2.75) is 24.9 Å². The van der Waals surface area contributed by atoms with Crippen LogP contribution in [0.1, 0.15) is 44.6 Å². The van der Waals surface area contributed by atoms with Crippen LogP contribution in [0.2, 0.25) is 0 Å². The summed E-state index contributed by atoms with van der Waals surface area (Å²) in [5.41, 5.74) is 3.99. The number of carbonyl (C=O) groups is 2. The van der Waals surface area contributed by atoms with Gasteiger partial charge in [-0.2, -0.15) is 0 Å². The van der Waals surface area contributed by atoms with Crippen LogP contribution in [-0.2, 0) is 17.8 Å². The summed E-state index contributed by atoms with van der Waals surface area (Å²) < 4.78 is 21.9. The quantitative estimate of drug-likeness (QED) is 0.528. The number of hydrogen-bond acceptors (Lipinski definition) is 6. The standard InChI is InChI=1S/C29H30N2O6/c1-34-19-9-10-23(35-2)18(13-19)16-30-28(32)26-21-14-24(36-3)25(37-4)15-22(21)29(33)31-12-11-17-7-5-6-8-20(17)27(26)31/h5-10,13-15,26-27H,11-12,16H2,1-4H3,(H,30,32)/t26-,27+/m1/s1. The third-order valence-electron chi connectivity index (χ3n) is 7.25. The topological polar surface area (TPSA) is 86.3 Å². The van der Waals surface area contributed by atoms with Crippen LogP contribution >= 0.6 is 0 Å². The smallest absolute Gasteiger partial charge is 0.254 e. The Hall–Kier alpha value is -4.20. The molecule has 3 aromatic carbocycles. The van der Waals surface area contributed by atoms with E-state index in [0.717, 1.165) is 23.1 Å². The number of hydrogen-bond donors (Lipinski definition) is 1. The van der Waals surface area contributed by atoms with E-state index in [0.29, 0.717) is 40.7 Å². The van der Waals surface area contributed by atoms with Gasteiger partial charge in [0.1, 0.15) is 11.5 Å². The summed E-state index contributed by atoms with van der Waals surface area (Å²) in [5, 5.41) is 3.10. The zero-order valence-corrected chi connectivity index (χ0v) is 21.4. The van der Waals surface area contributed by atoms with Gasteiger partial charge in [-0.3, -0.25) is 9.59 Å². The highest BCUT2D eigenvalue weighted by atomic mass is 16.5. The number of rotatable bonds is 7. The average Bonchev–Trinajstić information content (AvgIpc) is 2.95. The van der Waals surface area contributed by atoms with Crippen LogP contribution < -0.4 is 24.3 Å². The Kier molecular flexibility index (Phi) is 6.65. The number of carbonyl (C=O) groups excluding carboxylic acids is 2. The lowest BCUT2D eigenvalue weighted by Gasteiger charge is -2.45. The van der Waals surface area contributed by atoms with Crippen molar-refractivity contribution in [1.82, 2.24) is 10.2 Å². The number of benzene rings is 3. The Morgan fingerprint density at radius 1 is 0.892 bits per heavy atom. The summed E-state index contributed by atoms with van der Waals surface area (Å²) in [6.07, 6.45) is 0.733. The third-order valence-corrected chi connectivity index (χ3v) is 7.25. The molecule has 3 aromatic rings. The highest BCUT2D eigenvalue weighted by Crippen LogP contribution is 2.48. The first kappa shape index (κ1) is 24.5. The maximum absolute atomic E-state index is 14.0. The number of nitrogens with one attached hydrogen (secondary N) is 1. The van der Waals surface area contributed by atoms with Gasteiger partial charge in [-0.05, 0) is 53.4 Å². The maximum Gasteiger partial charge on any atom is 0.254 e. The van der Waals surface area contributed by atoms with Gasteiger partial charge in [0.05, 0.1) is 40.4 Å². The van der Waals surface area contributed by atoms with Crippen molar-refractivity contribution in [3.8, 4) is 23.0 Å². The normalized spacial score (nSPS) is 17.7. The fraction of sp³-hybridized carbons (Fsp3) is 0.310. The molecule has 8 nitrogen and oxygen atoms in total. The zero-order chi connectivity index (χ0) is 26.1. The number of amides is 2. The second-order valence-corrected chi connectivity index (χ2v) is 9.06. The Balaban J connectivity index is 1.59. The molecule has 0 fully saturated rings. The first-order valence-corrected chi connectivity index (χ1v) is 12.1. The van der Waals surface area contributed by atoms with Gasteiger partial charge in [-0.1, -0.05) is 24.3 Å². The fourth-order valence-electron chi connectivity index (χ4n) is 5.44. The van der Waals surface area contributed by atoms with E-state index >= 15 is 0 Å². The zero-order valence-electron chi connectivity index (χ0n) is 21.4. The minimum atomic E-state index is -0.648. The van der Waals surface area contributed by atoms with E-state index in [2.05, 4.69) is 11.4 Å². The van der Waals surface area contributed by atoms with Crippen molar-refractivity contribution >= 4 is 11.8 Å². The molecule has 0 saturated heterocycles. The SMILES string of the molecule is COc1ccc(OC)c(CNC(=O)[C@@H]2c3cc(OC)c(OC)cc3C(=O)N3CCc4ccccc4[C@@H]23)c1. The molecule has 2 heterocycles. The molecular formula is C29H30N2O6. The largest absolute Gasteiger partial charge is 0.497 e. The minimum Gasteiger partial charge on any atom is -0.497 e. The monoisotopic (exact) mass is 502 g/mol. The first-order valence-electron chi connectivity index (χ1n) is 12.1. The van der Waals surface area contributed by atoms with E-state index in [-0.39, 0.29) is 18.4 Å². The van der Waals surface area contributed by atoms with Gasteiger partial charge in [0.2, 0.25) is 5.91 Å². The molecule has 2 aliphatic heterocycles. The second-order valence-electron chi connectivity index (χ2n) is 9.06. The molecule has 2 amide bonds. The third kappa shape index (κ3) is 4.22. The van der Waals surface area contributed by atoms with E-state index in [9.17, 15) is 9.59 Å². The van der Waals surface area contributed by atoms with Gasteiger partial charge in [-0.25, -0.2) is 0 Å². The van der Waals surface area contributed by atoms with E-state index in [1.54, 1.807) is 33.5 Å². The van der Waals surface area contributed by atoms with Gasteiger partial charge in [0.25, 0.3) is 5.91 Å². The molecule has 0 bridgehead atoms. The summed E-state index contributed by atoms with van der Waals surface area (Å²) in [6, 6.07) is 16.5. The molecule has 2 atom stereocenters. The molecule has 0 spiro atoms. The number of methoxy groups -OCH3 is 4.